The lowest BCUT2D eigenvalue weighted by molar-refractivity contribution is 0.00565. The van der Waals surface area contributed by atoms with Crippen LogP contribution < -0.4 is 4.90 Å². The molecule has 0 aliphatic carbocycles. The highest BCUT2D eigenvalue weighted by atomic mass is 28.3. The molecular weight excluding hydrogens is 760 g/mol. The van der Waals surface area contributed by atoms with Gasteiger partial charge in [-0.25, -0.2) is 14.2 Å². The molecule has 15 heteroatoms. The number of hydrogen-bond donors (Lipinski definition) is 1. The van der Waals surface area contributed by atoms with E-state index in [0.717, 1.165) is 30.6 Å². The third kappa shape index (κ3) is 11.2. The van der Waals surface area contributed by atoms with Crippen LogP contribution in [0.4, 0.5) is 15.0 Å². The minimum Gasteiger partial charge on any atom is -0.494 e. The Kier molecular flexibility index (Phi) is 13.7. The van der Waals surface area contributed by atoms with Crippen molar-refractivity contribution >= 4 is 39.5 Å². The van der Waals surface area contributed by atoms with Gasteiger partial charge < -0.3 is 33.9 Å². The van der Waals surface area contributed by atoms with E-state index in [9.17, 15) is 9.90 Å². The second-order valence-electron chi connectivity index (χ2n) is 19.6. The summed E-state index contributed by atoms with van der Waals surface area (Å²) in [6.45, 7) is 31.1. The van der Waals surface area contributed by atoms with Gasteiger partial charge in [0.2, 0.25) is 0 Å². The fourth-order valence-corrected chi connectivity index (χ4v) is 9.13. The van der Waals surface area contributed by atoms with Crippen LogP contribution in [0.1, 0.15) is 90.1 Å². The molecule has 2 aliphatic rings. The van der Waals surface area contributed by atoms with E-state index in [2.05, 4.69) is 50.8 Å². The van der Waals surface area contributed by atoms with Gasteiger partial charge >= 0.3 is 6.09 Å². The largest absolute Gasteiger partial charge is 0.494 e. The summed E-state index contributed by atoms with van der Waals surface area (Å²) in [7, 11) is -2.77. The van der Waals surface area contributed by atoms with Crippen LogP contribution in [0.3, 0.4) is 0 Å². The molecule has 3 aromatic rings. The molecule has 2 fully saturated rings. The number of pyridine rings is 1. The molecule has 316 valence electrons. The number of halogens is 1. The van der Waals surface area contributed by atoms with Crippen molar-refractivity contribution in [2.45, 2.75) is 148 Å². The van der Waals surface area contributed by atoms with Gasteiger partial charge in [0.15, 0.2) is 5.65 Å². The van der Waals surface area contributed by atoms with Crippen LogP contribution in [0.25, 0.3) is 22.5 Å². The zero-order valence-electron chi connectivity index (χ0n) is 36.5. The van der Waals surface area contributed by atoms with Gasteiger partial charge in [-0.2, -0.15) is 9.61 Å². The Morgan fingerprint density at radius 1 is 0.982 bits per heavy atom. The third-order valence-electron chi connectivity index (χ3n) is 10.5. The van der Waals surface area contributed by atoms with Crippen molar-refractivity contribution in [1.82, 2.24) is 24.5 Å². The topological polar surface area (TPSA) is 124 Å². The Balaban J connectivity index is 1.69. The van der Waals surface area contributed by atoms with Crippen molar-refractivity contribution in [3.63, 3.8) is 0 Å². The number of piperidine rings is 1. The van der Waals surface area contributed by atoms with Crippen LogP contribution in [0.2, 0.25) is 51.4 Å². The molecule has 1 N–H and O–H groups in total. The van der Waals surface area contributed by atoms with Gasteiger partial charge in [0.1, 0.15) is 47.8 Å². The van der Waals surface area contributed by atoms with Gasteiger partial charge in [0.25, 0.3) is 0 Å². The maximum absolute atomic E-state index is 15.6. The van der Waals surface area contributed by atoms with Gasteiger partial charge in [0.05, 0.1) is 24.1 Å². The summed E-state index contributed by atoms with van der Waals surface area (Å²) in [4.78, 5) is 27.2. The first kappa shape index (κ1) is 44.7. The summed E-state index contributed by atoms with van der Waals surface area (Å²) in [6, 6.07) is 3.32. The SMILES string of the molecule is C=C(OCC)c1c([C@H]2C[C@H]3CC[C@@H](C2)N3C(=O)OC(C)(C)C)nc2c(-c3cnc(C(C)(C)O)c(F)c3)cnn2c1N(COCC[Si](C)(C)C)COCC[Si](C)(C)C. The van der Waals surface area contributed by atoms with Crippen molar-refractivity contribution < 1.29 is 33.2 Å². The van der Waals surface area contributed by atoms with E-state index in [1.165, 1.54) is 19.9 Å². The zero-order valence-corrected chi connectivity index (χ0v) is 38.5. The lowest BCUT2D eigenvalue weighted by Crippen LogP contribution is -2.48. The molecule has 2 aliphatic heterocycles. The lowest BCUT2D eigenvalue weighted by atomic mass is 9.85. The molecule has 0 radical (unpaired) electrons. The summed E-state index contributed by atoms with van der Waals surface area (Å²) >= 11 is 0. The molecule has 3 aromatic heterocycles. The summed E-state index contributed by atoms with van der Waals surface area (Å²) in [5.74, 6) is 0.409. The number of fused-ring (bicyclic) bond motifs is 3. The highest BCUT2D eigenvalue weighted by Crippen LogP contribution is 2.47. The number of aliphatic hydroxyl groups is 1. The van der Waals surface area contributed by atoms with Gasteiger partial charge in [-0.15, -0.1) is 0 Å². The summed E-state index contributed by atoms with van der Waals surface area (Å²) < 4.78 is 42.4. The average molecular weight is 827 g/mol. The quantitative estimate of drug-likeness (QED) is 0.0610. The predicted molar refractivity (Wildman–Crippen MR) is 229 cm³/mol. The zero-order chi connectivity index (χ0) is 42.1. The Morgan fingerprint density at radius 3 is 2.05 bits per heavy atom. The number of carbonyl (C=O) groups excluding carboxylic acids is 1. The minimum atomic E-state index is -1.46. The first-order valence-corrected chi connectivity index (χ1v) is 27.9. The van der Waals surface area contributed by atoms with E-state index < -0.39 is 33.2 Å². The number of hydrogen-bond acceptors (Lipinski definition) is 10. The van der Waals surface area contributed by atoms with E-state index in [-0.39, 0.29) is 43.3 Å². The van der Waals surface area contributed by atoms with E-state index >= 15 is 4.39 Å². The molecule has 0 saturated carbocycles. The van der Waals surface area contributed by atoms with Gasteiger partial charge in [0, 0.05) is 64.7 Å². The summed E-state index contributed by atoms with van der Waals surface area (Å²) in [5.41, 5.74) is 0.919. The van der Waals surface area contributed by atoms with Gasteiger partial charge in [-0.3, -0.25) is 4.98 Å². The number of aromatic nitrogens is 4. The maximum atomic E-state index is 15.6. The van der Waals surface area contributed by atoms with Gasteiger partial charge in [-0.05, 0) is 85.4 Å². The number of anilines is 1. The van der Waals surface area contributed by atoms with Gasteiger partial charge in [-0.1, -0.05) is 45.9 Å². The number of nitrogens with zero attached hydrogens (tertiary/aromatic N) is 6. The fourth-order valence-electron chi connectivity index (χ4n) is 7.61. The molecule has 5 rings (SSSR count). The summed E-state index contributed by atoms with van der Waals surface area (Å²) in [5, 5.41) is 15.5. The number of carbonyl (C=O) groups is 1. The van der Waals surface area contributed by atoms with E-state index in [4.69, 9.17) is 29.0 Å². The number of ether oxygens (including phenoxy) is 4. The first-order valence-electron chi connectivity index (χ1n) is 20.5. The minimum absolute atomic E-state index is 0.0266. The van der Waals surface area contributed by atoms with Crippen LogP contribution in [0.5, 0.6) is 0 Å². The molecule has 5 heterocycles. The average Bonchev–Trinajstić information content (AvgIpc) is 3.62. The van der Waals surface area contributed by atoms with Crippen LogP contribution in [0, 0.1) is 5.82 Å². The highest BCUT2D eigenvalue weighted by molar-refractivity contribution is 6.76. The Hall–Kier alpha value is -3.38. The van der Waals surface area contributed by atoms with Crippen LogP contribution >= 0.6 is 0 Å². The molecule has 0 spiro atoms. The Labute approximate surface area is 341 Å². The number of rotatable bonds is 17. The van der Waals surface area contributed by atoms with Crippen molar-refractivity contribution in [3.8, 4) is 11.1 Å². The molecule has 0 unspecified atom stereocenters. The maximum Gasteiger partial charge on any atom is 0.410 e. The third-order valence-corrected chi connectivity index (χ3v) is 13.9. The van der Waals surface area contributed by atoms with Crippen LogP contribution in [-0.4, -0.2) is 103 Å². The monoisotopic (exact) mass is 826 g/mol. The number of amides is 1. The second kappa shape index (κ2) is 17.5. The van der Waals surface area contributed by atoms with Crippen LogP contribution in [0.15, 0.2) is 25.0 Å². The second-order valence-corrected chi connectivity index (χ2v) is 30.9. The predicted octanol–water partition coefficient (Wildman–Crippen LogP) is 9.24. The van der Waals surface area contributed by atoms with E-state index in [0.29, 0.717) is 66.6 Å². The first-order chi connectivity index (χ1) is 26.5. The van der Waals surface area contributed by atoms with Crippen molar-refractivity contribution in [3.05, 3.63) is 47.8 Å². The molecular formula is C42H67FN6O6Si2. The van der Waals surface area contributed by atoms with Crippen LogP contribution in [-0.2, 0) is 24.5 Å². The molecule has 2 saturated heterocycles. The standard InChI is InChI=1S/C42H67FN6O6Si2/c1-14-54-28(2)35-36(29-21-31-15-16-32(22-29)48(31)40(50)55-41(3,4)5)46-38-33(30-23-34(43)37(44-24-30)42(6,7)51)25-45-49(38)39(35)47(26-52-17-19-56(8,9)10)27-53-18-20-57(11,12)13/h23-25,29,31-32,51H,2,14-22,26-27H2,1,3-13H3/t29-,31+,32-. The van der Waals surface area contributed by atoms with Crippen molar-refractivity contribution in [2.75, 3.05) is 38.2 Å². The lowest BCUT2D eigenvalue weighted by Gasteiger charge is -2.40. The molecule has 0 aromatic carbocycles. The molecule has 12 nitrogen and oxygen atoms in total. The van der Waals surface area contributed by atoms with Crippen molar-refractivity contribution in [1.29, 1.82) is 0 Å². The highest BCUT2D eigenvalue weighted by Gasteiger charge is 2.47. The Morgan fingerprint density at radius 2 is 1.56 bits per heavy atom. The van der Waals surface area contributed by atoms with E-state index in [1.54, 1.807) is 16.9 Å². The summed E-state index contributed by atoms with van der Waals surface area (Å²) in [6.07, 6.45) is 6.03. The molecule has 3 atom stereocenters. The van der Waals surface area contributed by atoms with Crippen molar-refractivity contribution in [2.24, 2.45) is 0 Å². The molecule has 2 bridgehead atoms. The smallest absolute Gasteiger partial charge is 0.410 e. The fraction of sp³-hybridized carbons (Fsp3) is 0.667. The molecule has 57 heavy (non-hydrogen) atoms. The van der Waals surface area contributed by atoms with E-state index in [1.807, 2.05) is 37.5 Å². The normalized spacial score (nSPS) is 19.0. The molecule has 1 amide bonds. The Bertz CT molecular complexity index is 1860.